The molecule has 0 amide bonds. The minimum Gasteiger partial charge on any atom is -0.465 e. The maximum absolute atomic E-state index is 12.5. The number of fused-ring (bicyclic) bond motifs is 1. The van der Waals surface area contributed by atoms with Crippen molar-refractivity contribution in [3.63, 3.8) is 0 Å². The van der Waals surface area contributed by atoms with Gasteiger partial charge in [-0.2, -0.15) is 0 Å². The molecule has 26 heavy (non-hydrogen) atoms. The molecule has 1 atom stereocenters. The summed E-state index contributed by atoms with van der Waals surface area (Å²) in [5, 5.41) is 10.9. The summed E-state index contributed by atoms with van der Waals surface area (Å²) in [4.78, 5) is 37.8. The minimum atomic E-state index is -0.878. The Morgan fingerprint density at radius 1 is 1.35 bits per heavy atom. The predicted molar refractivity (Wildman–Crippen MR) is 90.6 cm³/mol. The fourth-order valence-corrected chi connectivity index (χ4v) is 2.94. The molecule has 1 aliphatic rings. The smallest absolute Gasteiger partial charge is 0.340 e. The second-order valence-corrected chi connectivity index (χ2v) is 5.71. The maximum Gasteiger partial charge on any atom is 0.340 e. The number of ether oxygens (including phenoxy) is 2. The number of aromatic amines is 1. The van der Waals surface area contributed by atoms with E-state index in [-0.39, 0.29) is 28.5 Å². The number of carbonyl (C=O) groups is 1. The van der Waals surface area contributed by atoms with E-state index >= 15 is 0 Å². The summed E-state index contributed by atoms with van der Waals surface area (Å²) in [7, 11) is 1.18. The van der Waals surface area contributed by atoms with Crippen LogP contribution in [0.1, 0.15) is 22.7 Å². The van der Waals surface area contributed by atoms with E-state index in [1.165, 1.54) is 31.4 Å². The summed E-state index contributed by atoms with van der Waals surface area (Å²) in [5.41, 5.74) is 6.52. The Hall–Kier alpha value is -3.62. The number of nitro benzene ring substituents is 1. The number of H-pyrrole nitrogens is 1. The number of rotatable bonds is 3. The van der Waals surface area contributed by atoms with Gasteiger partial charge in [-0.05, 0) is 12.5 Å². The first kappa shape index (κ1) is 17.2. The second kappa shape index (κ2) is 6.36. The molecule has 2 heterocycles. The van der Waals surface area contributed by atoms with Crippen molar-refractivity contribution in [2.75, 3.05) is 7.11 Å². The lowest BCUT2D eigenvalue weighted by atomic mass is 9.83. The third-order valence-corrected chi connectivity index (χ3v) is 4.07. The monoisotopic (exact) mass is 357 g/mol. The van der Waals surface area contributed by atoms with Crippen LogP contribution in [0.3, 0.4) is 0 Å². The number of non-ortho nitro benzene ring substituents is 1. The summed E-state index contributed by atoms with van der Waals surface area (Å²) >= 11 is 0. The number of pyridine rings is 1. The number of nitrogens with one attached hydrogen (secondary N) is 1. The van der Waals surface area contributed by atoms with Crippen LogP contribution in [0.5, 0.6) is 5.75 Å². The Balaban J connectivity index is 2.26. The molecule has 0 aliphatic carbocycles. The first-order valence-electron chi connectivity index (χ1n) is 7.57. The number of carbonyl (C=O) groups excluding carboxylic acids is 1. The highest BCUT2D eigenvalue weighted by Crippen LogP contribution is 2.41. The van der Waals surface area contributed by atoms with E-state index in [1.54, 1.807) is 13.0 Å². The van der Waals surface area contributed by atoms with Gasteiger partial charge in [0.05, 0.1) is 23.5 Å². The molecule has 0 bridgehead atoms. The van der Waals surface area contributed by atoms with Crippen molar-refractivity contribution in [3.05, 3.63) is 79.1 Å². The third kappa shape index (κ3) is 2.79. The molecule has 0 saturated carbocycles. The van der Waals surface area contributed by atoms with Crippen molar-refractivity contribution in [3.8, 4) is 5.75 Å². The second-order valence-electron chi connectivity index (χ2n) is 5.71. The van der Waals surface area contributed by atoms with Crippen LogP contribution in [0.25, 0.3) is 0 Å². The molecule has 1 aliphatic heterocycles. The molecule has 1 aromatic heterocycles. The van der Waals surface area contributed by atoms with Gasteiger partial charge in [-0.1, -0.05) is 12.1 Å². The first-order chi connectivity index (χ1) is 12.3. The van der Waals surface area contributed by atoms with Crippen molar-refractivity contribution >= 4 is 11.7 Å². The van der Waals surface area contributed by atoms with E-state index in [2.05, 4.69) is 4.98 Å². The van der Waals surface area contributed by atoms with Crippen molar-refractivity contribution in [2.24, 2.45) is 5.73 Å². The summed E-state index contributed by atoms with van der Waals surface area (Å²) in [6.07, 6.45) is 0. The standard InChI is InChI=1S/C17H15N3O6/c1-8-7-11-13(16(21)19-8)12(14(15(18)26-11)17(22)25-2)9-3-5-10(6-4-9)20(23)24/h3-7,12H,18H2,1-2H3,(H,19,21). The van der Waals surface area contributed by atoms with Gasteiger partial charge in [0, 0.05) is 23.9 Å². The van der Waals surface area contributed by atoms with Crippen LogP contribution in [0.15, 0.2) is 46.6 Å². The Bertz CT molecular complexity index is 991. The molecule has 134 valence electrons. The number of nitrogens with zero attached hydrogens (tertiary/aromatic N) is 1. The Morgan fingerprint density at radius 2 is 2.00 bits per heavy atom. The van der Waals surface area contributed by atoms with E-state index in [0.29, 0.717) is 11.3 Å². The minimum absolute atomic E-state index is 0.0387. The number of benzene rings is 1. The van der Waals surface area contributed by atoms with E-state index in [9.17, 15) is 19.7 Å². The van der Waals surface area contributed by atoms with Crippen LogP contribution < -0.4 is 16.0 Å². The number of nitro groups is 1. The van der Waals surface area contributed by atoms with Crippen LogP contribution >= 0.6 is 0 Å². The molecule has 0 radical (unpaired) electrons. The van der Waals surface area contributed by atoms with Crippen LogP contribution in [0, 0.1) is 17.0 Å². The van der Waals surface area contributed by atoms with E-state index in [0.717, 1.165) is 0 Å². The average molecular weight is 357 g/mol. The lowest BCUT2D eigenvalue weighted by molar-refractivity contribution is -0.384. The van der Waals surface area contributed by atoms with Gasteiger partial charge in [-0.25, -0.2) is 4.79 Å². The normalized spacial score (nSPS) is 15.8. The lowest BCUT2D eigenvalue weighted by Gasteiger charge is -2.27. The van der Waals surface area contributed by atoms with Crippen molar-refractivity contribution in [1.29, 1.82) is 0 Å². The SMILES string of the molecule is COC(=O)C1=C(N)Oc2cc(C)[nH]c(=O)c2C1c1ccc([N+](=O)[O-])cc1. The van der Waals surface area contributed by atoms with Crippen molar-refractivity contribution < 1.29 is 19.2 Å². The molecule has 1 aromatic carbocycles. The molecule has 3 N–H and O–H groups in total. The highest BCUT2D eigenvalue weighted by Gasteiger charge is 2.37. The highest BCUT2D eigenvalue weighted by molar-refractivity contribution is 5.92. The fraction of sp³-hybridized carbons (Fsp3) is 0.176. The molecule has 1 unspecified atom stereocenters. The first-order valence-corrected chi connectivity index (χ1v) is 7.57. The molecule has 0 saturated heterocycles. The number of hydrogen-bond donors (Lipinski definition) is 2. The topological polar surface area (TPSA) is 138 Å². The van der Waals surface area contributed by atoms with Gasteiger partial charge in [0.25, 0.3) is 11.2 Å². The molecule has 2 aromatic rings. The number of methoxy groups -OCH3 is 1. The van der Waals surface area contributed by atoms with Gasteiger partial charge in [0.15, 0.2) is 0 Å². The third-order valence-electron chi connectivity index (χ3n) is 4.07. The van der Waals surface area contributed by atoms with Gasteiger partial charge in [0.1, 0.15) is 11.3 Å². The number of aromatic nitrogens is 1. The van der Waals surface area contributed by atoms with Gasteiger partial charge in [-0.15, -0.1) is 0 Å². The maximum atomic E-state index is 12.5. The summed E-state index contributed by atoms with van der Waals surface area (Å²) < 4.78 is 10.2. The Morgan fingerprint density at radius 3 is 2.58 bits per heavy atom. The molecular weight excluding hydrogens is 342 g/mol. The number of aryl methyl sites for hydroxylation is 1. The Kier molecular flexibility index (Phi) is 4.21. The van der Waals surface area contributed by atoms with Gasteiger partial charge >= 0.3 is 5.97 Å². The van der Waals surface area contributed by atoms with Crippen molar-refractivity contribution in [2.45, 2.75) is 12.8 Å². The molecular formula is C17H15N3O6. The molecule has 3 rings (SSSR count). The van der Waals surface area contributed by atoms with Gasteiger partial charge in [0.2, 0.25) is 5.88 Å². The van der Waals surface area contributed by atoms with Crippen LogP contribution in [0.2, 0.25) is 0 Å². The number of nitrogens with two attached hydrogens (primary N) is 1. The van der Waals surface area contributed by atoms with Crippen LogP contribution in [0.4, 0.5) is 5.69 Å². The van der Waals surface area contributed by atoms with Gasteiger partial charge in [-0.3, -0.25) is 14.9 Å². The summed E-state index contributed by atoms with van der Waals surface area (Å²) in [6, 6.07) is 7.10. The van der Waals surface area contributed by atoms with E-state index in [4.69, 9.17) is 15.2 Å². The lowest BCUT2D eigenvalue weighted by Crippen LogP contribution is -2.31. The average Bonchev–Trinajstić information content (AvgIpc) is 2.59. The van der Waals surface area contributed by atoms with Crippen LogP contribution in [-0.2, 0) is 9.53 Å². The summed E-state index contributed by atoms with van der Waals surface area (Å²) in [5.74, 6) is -1.59. The van der Waals surface area contributed by atoms with Gasteiger partial charge < -0.3 is 20.2 Å². The molecule has 0 fully saturated rings. The zero-order chi connectivity index (χ0) is 19.0. The van der Waals surface area contributed by atoms with E-state index < -0.39 is 22.4 Å². The zero-order valence-corrected chi connectivity index (χ0v) is 13.9. The Labute approximate surface area is 147 Å². The molecule has 9 nitrogen and oxygen atoms in total. The van der Waals surface area contributed by atoms with Crippen LogP contribution in [-0.4, -0.2) is 23.0 Å². The van der Waals surface area contributed by atoms with E-state index in [1.807, 2.05) is 0 Å². The molecule has 0 spiro atoms. The molecule has 9 heteroatoms. The summed E-state index contributed by atoms with van der Waals surface area (Å²) in [6.45, 7) is 1.68. The quantitative estimate of drug-likeness (QED) is 0.482. The zero-order valence-electron chi connectivity index (χ0n) is 13.9. The number of hydrogen-bond acceptors (Lipinski definition) is 7. The van der Waals surface area contributed by atoms with Crippen molar-refractivity contribution in [1.82, 2.24) is 4.98 Å². The highest BCUT2D eigenvalue weighted by atomic mass is 16.6. The number of esters is 1. The predicted octanol–water partition coefficient (Wildman–Crippen LogP) is 1.46. The fourth-order valence-electron chi connectivity index (χ4n) is 2.94. The largest absolute Gasteiger partial charge is 0.465 e.